The van der Waals surface area contributed by atoms with Crippen molar-refractivity contribution < 1.29 is 19.4 Å². The Morgan fingerprint density at radius 2 is 1.36 bits per heavy atom. The fourth-order valence-corrected chi connectivity index (χ4v) is 2.17. The molecule has 0 bridgehead atoms. The third-order valence-corrected chi connectivity index (χ3v) is 3.60. The van der Waals surface area contributed by atoms with Crippen LogP contribution in [0.2, 0.25) is 0 Å². The summed E-state index contributed by atoms with van der Waals surface area (Å²) in [6.45, 7) is 3.99. The molecule has 0 heterocycles. The van der Waals surface area contributed by atoms with Gasteiger partial charge in [-0.2, -0.15) is 0 Å². The van der Waals surface area contributed by atoms with E-state index in [1.807, 2.05) is 31.2 Å². The summed E-state index contributed by atoms with van der Waals surface area (Å²) in [6.07, 6.45) is 0. The van der Waals surface area contributed by atoms with Crippen molar-refractivity contribution in [2.24, 2.45) is 0 Å². The fraction of sp³-hybridized carbons (Fsp3) is 0.263. The van der Waals surface area contributed by atoms with E-state index in [-0.39, 0.29) is 11.6 Å². The molecule has 132 valence electrons. The van der Waals surface area contributed by atoms with Crippen LogP contribution in [-0.2, 0) is 24.4 Å². The van der Waals surface area contributed by atoms with Gasteiger partial charge in [-0.25, -0.2) is 9.59 Å². The largest absolute Gasteiger partial charge is 0.478 e. The SMILES string of the molecule is CCOCc1ccc(CNC(=O)NCc2ccc(C(=O)O)cc2)cc1. The highest BCUT2D eigenvalue weighted by Crippen LogP contribution is 2.06. The van der Waals surface area contributed by atoms with Gasteiger partial charge in [-0.3, -0.25) is 0 Å². The van der Waals surface area contributed by atoms with Gasteiger partial charge in [0.05, 0.1) is 12.2 Å². The average molecular weight is 342 g/mol. The average Bonchev–Trinajstić information content (AvgIpc) is 2.64. The van der Waals surface area contributed by atoms with Crippen molar-refractivity contribution in [2.75, 3.05) is 6.61 Å². The molecule has 0 radical (unpaired) electrons. The second-order valence-corrected chi connectivity index (χ2v) is 5.49. The number of carboxylic acid groups (broad SMARTS) is 1. The van der Waals surface area contributed by atoms with Crippen molar-refractivity contribution in [3.8, 4) is 0 Å². The molecule has 0 saturated heterocycles. The fourth-order valence-electron chi connectivity index (χ4n) is 2.17. The summed E-state index contributed by atoms with van der Waals surface area (Å²) in [4.78, 5) is 22.6. The van der Waals surface area contributed by atoms with Crippen LogP contribution < -0.4 is 10.6 Å². The molecule has 6 heteroatoms. The van der Waals surface area contributed by atoms with Gasteiger partial charge in [0.1, 0.15) is 0 Å². The van der Waals surface area contributed by atoms with E-state index in [4.69, 9.17) is 9.84 Å². The highest BCUT2D eigenvalue weighted by Gasteiger charge is 2.04. The van der Waals surface area contributed by atoms with Crippen molar-refractivity contribution in [3.63, 3.8) is 0 Å². The maximum atomic E-state index is 11.8. The molecule has 2 rings (SSSR count). The van der Waals surface area contributed by atoms with Crippen LogP contribution in [0.4, 0.5) is 4.79 Å². The number of ether oxygens (including phenoxy) is 1. The Morgan fingerprint density at radius 1 is 0.880 bits per heavy atom. The van der Waals surface area contributed by atoms with E-state index in [1.54, 1.807) is 12.1 Å². The molecule has 2 aromatic carbocycles. The number of urea groups is 1. The smallest absolute Gasteiger partial charge is 0.335 e. The number of aromatic carboxylic acids is 1. The van der Waals surface area contributed by atoms with E-state index >= 15 is 0 Å². The zero-order chi connectivity index (χ0) is 18.1. The number of carbonyl (C=O) groups excluding carboxylic acids is 1. The normalized spacial score (nSPS) is 10.3. The molecule has 0 aliphatic heterocycles. The van der Waals surface area contributed by atoms with Gasteiger partial charge in [-0.05, 0) is 35.7 Å². The number of hydrogen-bond acceptors (Lipinski definition) is 3. The molecule has 0 aromatic heterocycles. The summed E-state index contributed by atoms with van der Waals surface area (Å²) in [7, 11) is 0. The highest BCUT2D eigenvalue weighted by atomic mass is 16.5. The van der Waals surface area contributed by atoms with Crippen molar-refractivity contribution in [1.29, 1.82) is 0 Å². The zero-order valence-corrected chi connectivity index (χ0v) is 14.1. The Kier molecular flexibility index (Phi) is 6.98. The topological polar surface area (TPSA) is 87.7 Å². The summed E-state index contributed by atoms with van der Waals surface area (Å²) in [5.74, 6) is -0.968. The Morgan fingerprint density at radius 3 is 1.84 bits per heavy atom. The number of carboxylic acids is 1. The molecule has 0 unspecified atom stereocenters. The van der Waals surface area contributed by atoms with Crippen molar-refractivity contribution in [2.45, 2.75) is 26.6 Å². The Balaban J connectivity index is 1.74. The Labute approximate surface area is 146 Å². The first-order valence-corrected chi connectivity index (χ1v) is 8.08. The van der Waals surface area contributed by atoms with E-state index in [0.29, 0.717) is 26.3 Å². The van der Waals surface area contributed by atoms with Crippen molar-refractivity contribution >= 4 is 12.0 Å². The second kappa shape index (κ2) is 9.44. The second-order valence-electron chi connectivity index (χ2n) is 5.49. The molecule has 0 saturated carbocycles. The first kappa shape index (κ1) is 18.5. The lowest BCUT2D eigenvalue weighted by molar-refractivity contribution is 0.0697. The van der Waals surface area contributed by atoms with Crippen LogP contribution in [0, 0.1) is 0 Å². The Hall–Kier alpha value is -2.86. The van der Waals surface area contributed by atoms with Crippen LogP contribution in [0.15, 0.2) is 48.5 Å². The lowest BCUT2D eigenvalue weighted by atomic mass is 10.1. The van der Waals surface area contributed by atoms with Gasteiger partial charge in [0.25, 0.3) is 0 Å². The summed E-state index contributed by atoms with van der Waals surface area (Å²) in [5.41, 5.74) is 3.16. The maximum absolute atomic E-state index is 11.8. The molecule has 0 fully saturated rings. The third kappa shape index (κ3) is 6.27. The van der Waals surface area contributed by atoms with Crippen LogP contribution in [0.5, 0.6) is 0 Å². The molecule has 2 amide bonds. The minimum absolute atomic E-state index is 0.223. The number of rotatable bonds is 8. The molecule has 0 aliphatic carbocycles. The van der Waals surface area contributed by atoms with Crippen LogP contribution in [0.3, 0.4) is 0 Å². The van der Waals surface area contributed by atoms with E-state index in [2.05, 4.69) is 10.6 Å². The molecule has 6 nitrogen and oxygen atoms in total. The molecular weight excluding hydrogens is 320 g/mol. The molecule has 0 atom stereocenters. The van der Waals surface area contributed by atoms with Crippen LogP contribution in [0.25, 0.3) is 0 Å². The van der Waals surface area contributed by atoms with E-state index in [0.717, 1.165) is 16.7 Å². The summed E-state index contributed by atoms with van der Waals surface area (Å²) in [6, 6.07) is 14.0. The number of hydrogen-bond donors (Lipinski definition) is 3. The summed E-state index contributed by atoms with van der Waals surface area (Å²) in [5, 5.41) is 14.4. The monoisotopic (exact) mass is 342 g/mol. The van der Waals surface area contributed by atoms with Gasteiger partial charge >= 0.3 is 12.0 Å². The molecule has 2 aromatic rings. The molecule has 25 heavy (non-hydrogen) atoms. The number of benzene rings is 2. The number of amides is 2. The third-order valence-electron chi connectivity index (χ3n) is 3.60. The van der Waals surface area contributed by atoms with Crippen molar-refractivity contribution in [3.05, 3.63) is 70.8 Å². The van der Waals surface area contributed by atoms with Crippen LogP contribution in [-0.4, -0.2) is 23.7 Å². The predicted octanol–water partition coefficient (Wildman–Crippen LogP) is 2.92. The number of carbonyl (C=O) groups is 2. The molecule has 0 aliphatic rings. The first-order chi connectivity index (χ1) is 12.1. The van der Waals surface area contributed by atoms with Gasteiger partial charge < -0.3 is 20.5 Å². The lowest BCUT2D eigenvalue weighted by Crippen LogP contribution is -2.34. The van der Waals surface area contributed by atoms with E-state index in [9.17, 15) is 9.59 Å². The van der Waals surface area contributed by atoms with Crippen molar-refractivity contribution in [1.82, 2.24) is 10.6 Å². The number of nitrogens with one attached hydrogen (secondary N) is 2. The zero-order valence-electron chi connectivity index (χ0n) is 14.1. The quantitative estimate of drug-likeness (QED) is 0.688. The van der Waals surface area contributed by atoms with Crippen LogP contribution >= 0.6 is 0 Å². The van der Waals surface area contributed by atoms with E-state index < -0.39 is 5.97 Å². The van der Waals surface area contributed by atoms with Crippen LogP contribution in [0.1, 0.15) is 34.0 Å². The van der Waals surface area contributed by atoms with Gasteiger partial charge in [-0.15, -0.1) is 0 Å². The first-order valence-electron chi connectivity index (χ1n) is 8.08. The minimum Gasteiger partial charge on any atom is -0.478 e. The molecule has 0 spiro atoms. The van der Waals surface area contributed by atoms with Gasteiger partial charge in [0, 0.05) is 19.7 Å². The van der Waals surface area contributed by atoms with E-state index in [1.165, 1.54) is 12.1 Å². The maximum Gasteiger partial charge on any atom is 0.335 e. The van der Waals surface area contributed by atoms with Gasteiger partial charge in [-0.1, -0.05) is 36.4 Å². The molecular formula is C19H22N2O4. The highest BCUT2D eigenvalue weighted by molar-refractivity contribution is 5.87. The van der Waals surface area contributed by atoms with Gasteiger partial charge in [0.2, 0.25) is 0 Å². The minimum atomic E-state index is -0.968. The standard InChI is InChI=1S/C19H22N2O4/c1-2-25-13-16-5-3-14(4-6-16)11-20-19(24)21-12-15-7-9-17(10-8-15)18(22)23/h3-10H,2,11-13H2,1H3,(H,22,23)(H2,20,21,24). The molecule has 3 N–H and O–H groups in total. The van der Waals surface area contributed by atoms with Gasteiger partial charge in [0.15, 0.2) is 0 Å². The summed E-state index contributed by atoms with van der Waals surface area (Å²) < 4.78 is 5.34. The lowest BCUT2D eigenvalue weighted by Gasteiger charge is -2.09. The predicted molar refractivity (Wildman–Crippen MR) is 94.2 cm³/mol. The summed E-state index contributed by atoms with van der Waals surface area (Å²) >= 11 is 0. The Bertz CT molecular complexity index is 696.